The quantitative estimate of drug-likeness (QED) is 0.819. The third kappa shape index (κ3) is 1.31. The first kappa shape index (κ1) is 9.70. The second-order valence-corrected chi connectivity index (χ2v) is 4.94. The van der Waals surface area contributed by atoms with Gasteiger partial charge in [-0.2, -0.15) is 0 Å². The van der Waals surface area contributed by atoms with Crippen LogP contribution in [0.1, 0.15) is 42.7 Å². The molecule has 3 rings (SSSR count). The summed E-state index contributed by atoms with van der Waals surface area (Å²) in [4.78, 5) is 11.2. The summed E-state index contributed by atoms with van der Waals surface area (Å²) in [5.41, 5.74) is 0.929. The highest BCUT2D eigenvalue weighted by atomic mass is 16.4. The number of carboxylic acids is 1. The monoisotopic (exact) mass is 218 g/mol. The summed E-state index contributed by atoms with van der Waals surface area (Å²) in [7, 11) is 0. The predicted molar refractivity (Wildman–Crippen MR) is 58.6 cm³/mol. The van der Waals surface area contributed by atoms with Gasteiger partial charge < -0.3 is 10.2 Å². The zero-order valence-electron chi connectivity index (χ0n) is 8.94. The van der Waals surface area contributed by atoms with Crippen LogP contribution in [0.15, 0.2) is 18.2 Å². The van der Waals surface area contributed by atoms with Crippen LogP contribution in [0.5, 0.6) is 5.75 Å². The van der Waals surface area contributed by atoms with E-state index in [0.717, 1.165) is 5.56 Å². The topological polar surface area (TPSA) is 57.5 Å². The normalized spacial score (nSPS) is 21.8. The molecule has 0 heterocycles. The molecule has 3 nitrogen and oxygen atoms in total. The van der Waals surface area contributed by atoms with E-state index in [0.29, 0.717) is 24.3 Å². The lowest BCUT2D eigenvalue weighted by molar-refractivity contribution is -0.140. The highest BCUT2D eigenvalue weighted by Crippen LogP contribution is 2.52. The third-order valence-electron chi connectivity index (χ3n) is 3.75. The second kappa shape index (κ2) is 3.00. The highest BCUT2D eigenvalue weighted by molar-refractivity contribution is 5.86. The minimum absolute atomic E-state index is 0.157. The fourth-order valence-corrected chi connectivity index (χ4v) is 2.35. The molecule has 16 heavy (non-hydrogen) atoms. The first-order valence-electron chi connectivity index (χ1n) is 5.70. The first-order valence-corrected chi connectivity index (χ1v) is 5.70. The van der Waals surface area contributed by atoms with E-state index in [1.807, 2.05) is 6.07 Å². The van der Waals surface area contributed by atoms with E-state index in [-0.39, 0.29) is 5.75 Å². The summed E-state index contributed by atoms with van der Waals surface area (Å²) in [5, 5.41) is 19.1. The average Bonchev–Trinajstić information content (AvgIpc) is 3.12. The largest absolute Gasteiger partial charge is 0.508 e. The molecule has 2 fully saturated rings. The minimum Gasteiger partial charge on any atom is -0.508 e. The highest BCUT2D eigenvalue weighted by Gasteiger charge is 2.53. The summed E-state index contributed by atoms with van der Waals surface area (Å²) in [5.74, 6) is -0.0776. The Morgan fingerprint density at radius 2 is 2.00 bits per heavy atom. The van der Waals surface area contributed by atoms with Crippen LogP contribution in [0.4, 0.5) is 0 Å². The number of hydrogen-bond acceptors (Lipinski definition) is 2. The van der Waals surface area contributed by atoms with E-state index in [1.165, 1.54) is 12.8 Å². The van der Waals surface area contributed by atoms with Gasteiger partial charge in [0.1, 0.15) is 5.75 Å². The van der Waals surface area contributed by atoms with Gasteiger partial charge in [-0.1, -0.05) is 12.1 Å². The van der Waals surface area contributed by atoms with E-state index in [2.05, 4.69) is 0 Å². The maximum Gasteiger partial charge on any atom is 0.314 e. The van der Waals surface area contributed by atoms with Crippen molar-refractivity contribution in [2.24, 2.45) is 0 Å². The van der Waals surface area contributed by atoms with Crippen LogP contribution in [-0.2, 0) is 10.2 Å². The van der Waals surface area contributed by atoms with Crippen molar-refractivity contribution >= 4 is 5.97 Å². The number of carbonyl (C=O) groups is 1. The van der Waals surface area contributed by atoms with E-state index in [9.17, 15) is 9.90 Å². The zero-order valence-corrected chi connectivity index (χ0v) is 8.94. The fraction of sp³-hybridized carbons (Fsp3) is 0.462. The molecule has 0 radical (unpaired) electrons. The van der Waals surface area contributed by atoms with Crippen molar-refractivity contribution in [2.75, 3.05) is 0 Å². The number of carboxylic acid groups (broad SMARTS) is 1. The van der Waals surface area contributed by atoms with E-state index in [4.69, 9.17) is 5.11 Å². The summed E-state index contributed by atoms with van der Waals surface area (Å²) >= 11 is 0. The molecule has 0 unspecified atom stereocenters. The Hall–Kier alpha value is -1.51. The molecule has 1 aromatic rings. The fourth-order valence-electron chi connectivity index (χ4n) is 2.35. The number of benzene rings is 1. The number of phenols is 1. The number of aliphatic carboxylic acids is 1. The Bertz CT molecular complexity index is 456. The van der Waals surface area contributed by atoms with Crippen LogP contribution in [0.25, 0.3) is 0 Å². The predicted octanol–water partition coefficient (Wildman–Crippen LogP) is 2.39. The molecule has 0 amide bonds. The maximum absolute atomic E-state index is 11.2. The van der Waals surface area contributed by atoms with Crippen molar-refractivity contribution in [2.45, 2.75) is 37.0 Å². The molecule has 2 N–H and O–H groups in total. The van der Waals surface area contributed by atoms with Gasteiger partial charge in [0.15, 0.2) is 0 Å². The first-order chi connectivity index (χ1) is 7.63. The van der Waals surface area contributed by atoms with Gasteiger partial charge in [0.05, 0.1) is 5.41 Å². The molecule has 0 aromatic heterocycles. The van der Waals surface area contributed by atoms with Crippen LogP contribution in [-0.4, -0.2) is 16.2 Å². The Labute approximate surface area is 93.7 Å². The molecule has 0 saturated heterocycles. The summed E-state index contributed by atoms with van der Waals surface area (Å²) in [6.45, 7) is 0. The third-order valence-corrected chi connectivity index (χ3v) is 3.75. The van der Waals surface area contributed by atoms with E-state index in [1.54, 1.807) is 12.1 Å². The molecule has 2 aliphatic rings. The van der Waals surface area contributed by atoms with Gasteiger partial charge in [0.2, 0.25) is 0 Å². The molecule has 0 bridgehead atoms. The van der Waals surface area contributed by atoms with Gasteiger partial charge in [-0.05, 0) is 43.2 Å². The van der Waals surface area contributed by atoms with Crippen LogP contribution in [0, 0.1) is 0 Å². The van der Waals surface area contributed by atoms with E-state index < -0.39 is 11.4 Å². The maximum atomic E-state index is 11.2. The molecule has 0 aliphatic heterocycles. The molecule has 0 atom stereocenters. The lowest BCUT2D eigenvalue weighted by Gasteiger charge is -2.13. The van der Waals surface area contributed by atoms with Crippen molar-refractivity contribution < 1.29 is 15.0 Å². The van der Waals surface area contributed by atoms with Crippen molar-refractivity contribution in [1.82, 2.24) is 0 Å². The van der Waals surface area contributed by atoms with Crippen LogP contribution < -0.4 is 0 Å². The smallest absolute Gasteiger partial charge is 0.314 e. The van der Waals surface area contributed by atoms with Gasteiger partial charge in [-0.15, -0.1) is 0 Å². The number of rotatable bonds is 3. The zero-order chi connectivity index (χ0) is 11.3. The Kier molecular flexibility index (Phi) is 1.82. The standard InChI is InChI=1S/C13H14O3/c14-11-7-9(8-1-2-8)3-4-10(11)13(5-6-13)12(15)16/h3-4,7-8,14H,1-2,5-6H2,(H,15,16). The number of hydrogen-bond donors (Lipinski definition) is 2. The summed E-state index contributed by atoms with van der Waals surface area (Å²) in [6.07, 6.45) is 3.64. The van der Waals surface area contributed by atoms with Gasteiger partial charge in [-0.25, -0.2) is 0 Å². The molecule has 3 heteroatoms. The molecule has 2 saturated carbocycles. The Morgan fingerprint density at radius 3 is 2.44 bits per heavy atom. The second-order valence-electron chi connectivity index (χ2n) is 4.94. The molecule has 0 spiro atoms. The molecule has 84 valence electrons. The minimum atomic E-state index is -0.818. The van der Waals surface area contributed by atoms with Gasteiger partial charge in [0, 0.05) is 5.56 Å². The molecular weight excluding hydrogens is 204 g/mol. The van der Waals surface area contributed by atoms with E-state index >= 15 is 0 Å². The lowest BCUT2D eigenvalue weighted by atomic mass is 9.93. The van der Waals surface area contributed by atoms with Crippen molar-refractivity contribution in [1.29, 1.82) is 0 Å². The summed E-state index contributed by atoms with van der Waals surface area (Å²) in [6, 6.07) is 5.51. The Morgan fingerprint density at radius 1 is 1.31 bits per heavy atom. The SMILES string of the molecule is O=C(O)C1(c2ccc(C3CC3)cc2O)CC1. The number of phenolic OH excluding ortho intramolecular Hbond substituents is 1. The van der Waals surface area contributed by atoms with Crippen LogP contribution in [0.3, 0.4) is 0 Å². The van der Waals surface area contributed by atoms with Crippen molar-refractivity contribution in [3.63, 3.8) is 0 Å². The molecular formula is C13H14O3. The van der Waals surface area contributed by atoms with Crippen LogP contribution >= 0.6 is 0 Å². The van der Waals surface area contributed by atoms with Crippen molar-refractivity contribution in [3.05, 3.63) is 29.3 Å². The number of aromatic hydroxyl groups is 1. The average molecular weight is 218 g/mol. The van der Waals surface area contributed by atoms with Gasteiger partial charge in [0.25, 0.3) is 0 Å². The molecule has 1 aromatic carbocycles. The Balaban J connectivity index is 1.99. The summed E-state index contributed by atoms with van der Waals surface area (Å²) < 4.78 is 0. The van der Waals surface area contributed by atoms with Gasteiger partial charge >= 0.3 is 5.97 Å². The van der Waals surface area contributed by atoms with Crippen LogP contribution in [0.2, 0.25) is 0 Å². The molecule has 2 aliphatic carbocycles. The van der Waals surface area contributed by atoms with Gasteiger partial charge in [-0.3, -0.25) is 4.79 Å². The lowest BCUT2D eigenvalue weighted by Crippen LogP contribution is -2.19. The van der Waals surface area contributed by atoms with Crippen molar-refractivity contribution in [3.8, 4) is 5.75 Å².